The van der Waals surface area contributed by atoms with E-state index in [0.717, 1.165) is 0 Å². The van der Waals surface area contributed by atoms with Crippen LogP contribution in [-0.4, -0.2) is 13.0 Å². The van der Waals surface area contributed by atoms with Crippen LogP contribution in [0.5, 0.6) is 5.75 Å². The fraction of sp³-hybridized carbons (Fsp3) is 0.133. The summed E-state index contributed by atoms with van der Waals surface area (Å²) in [4.78, 5) is 12.2. The molecule has 0 atom stereocenters. The molecule has 3 nitrogen and oxygen atoms in total. The lowest BCUT2D eigenvalue weighted by Gasteiger charge is -2.11. The summed E-state index contributed by atoms with van der Waals surface area (Å²) in [7, 11) is 1.48. The molecule has 1 amide bonds. The minimum absolute atomic E-state index is 0.323. The Kier molecular flexibility index (Phi) is 4.25. The van der Waals surface area contributed by atoms with E-state index >= 15 is 0 Å². The van der Waals surface area contributed by atoms with Gasteiger partial charge in [-0.15, -0.1) is 0 Å². The molecule has 0 aliphatic rings. The number of amides is 1. The summed E-state index contributed by atoms with van der Waals surface area (Å²) in [6.07, 6.45) is 0. The SMILES string of the molecule is COc1ccc(Cl)cc1C(=O)Nc1ccc(F)cc1C. The lowest BCUT2D eigenvalue weighted by Crippen LogP contribution is -2.14. The van der Waals surface area contributed by atoms with Crippen LogP contribution in [0.2, 0.25) is 5.02 Å². The highest BCUT2D eigenvalue weighted by molar-refractivity contribution is 6.31. The van der Waals surface area contributed by atoms with Crippen molar-refractivity contribution in [1.82, 2.24) is 0 Å². The first-order chi connectivity index (χ1) is 9.51. The van der Waals surface area contributed by atoms with Crippen molar-refractivity contribution in [3.8, 4) is 5.75 Å². The molecule has 0 radical (unpaired) electrons. The largest absolute Gasteiger partial charge is 0.496 e. The number of hydrogen-bond acceptors (Lipinski definition) is 2. The Hall–Kier alpha value is -2.07. The molecule has 0 fully saturated rings. The van der Waals surface area contributed by atoms with Gasteiger partial charge in [0.2, 0.25) is 0 Å². The number of nitrogens with one attached hydrogen (secondary N) is 1. The maximum Gasteiger partial charge on any atom is 0.259 e. The van der Waals surface area contributed by atoms with E-state index in [2.05, 4.69) is 5.32 Å². The zero-order valence-electron chi connectivity index (χ0n) is 11.0. The van der Waals surface area contributed by atoms with Crippen molar-refractivity contribution in [3.05, 3.63) is 58.4 Å². The third-order valence-corrected chi connectivity index (χ3v) is 3.08. The molecule has 0 aliphatic heterocycles. The second-order valence-corrected chi connectivity index (χ2v) is 4.69. The maximum atomic E-state index is 13.0. The normalized spacial score (nSPS) is 10.2. The van der Waals surface area contributed by atoms with Crippen LogP contribution in [0.4, 0.5) is 10.1 Å². The van der Waals surface area contributed by atoms with Gasteiger partial charge in [0, 0.05) is 10.7 Å². The Morgan fingerprint density at radius 1 is 1.25 bits per heavy atom. The van der Waals surface area contributed by atoms with Gasteiger partial charge in [-0.25, -0.2) is 4.39 Å². The lowest BCUT2D eigenvalue weighted by molar-refractivity contribution is 0.102. The molecule has 0 spiro atoms. The number of halogens is 2. The second-order valence-electron chi connectivity index (χ2n) is 4.26. The van der Waals surface area contributed by atoms with Gasteiger partial charge >= 0.3 is 0 Å². The molecule has 0 unspecified atom stereocenters. The minimum atomic E-state index is -0.362. The highest BCUT2D eigenvalue weighted by Crippen LogP contribution is 2.24. The zero-order valence-corrected chi connectivity index (χ0v) is 11.8. The van der Waals surface area contributed by atoms with Crippen LogP contribution in [0.1, 0.15) is 15.9 Å². The lowest BCUT2D eigenvalue weighted by atomic mass is 10.1. The van der Waals surface area contributed by atoms with Crippen molar-refractivity contribution in [2.75, 3.05) is 12.4 Å². The van der Waals surface area contributed by atoms with E-state index in [1.165, 1.54) is 31.4 Å². The molecule has 0 aliphatic carbocycles. The molecule has 2 aromatic rings. The first-order valence-corrected chi connectivity index (χ1v) is 6.30. The molecule has 20 heavy (non-hydrogen) atoms. The van der Waals surface area contributed by atoms with Crippen molar-refractivity contribution >= 4 is 23.2 Å². The Bertz CT molecular complexity index is 658. The molecule has 2 rings (SSSR count). The van der Waals surface area contributed by atoms with Gasteiger partial charge in [0.25, 0.3) is 5.91 Å². The Labute approximate surface area is 121 Å². The zero-order chi connectivity index (χ0) is 14.7. The molecular formula is C15H13ClFNO2. The summed E-state index contributed by atoms with van der Waals surface area (Å²) in [5.74, 6) is -0.286. The molecule has 1 N–H and O–H groups in total. The highest BCUT2D eigenvalue weighted by atomic mass is 35.5. The number of benzene rings is 2. The minimum Gasteiger partial charge on any atom is -0.496 e. The van der Waals surface area contributed by atoms with Crippen LogP contribution in [0.3, 0.4) is 0 Å². The van der Waals surface area contributed by atoms with Crippen LogP contribution in [0, 0.1) is 12.7 Å². The molecule has 2 aromatic carbocycles. The summed E-state index contributed by atoms with van der Waals surface area (Å²) in [6, 6.07) is 8.94. The summed E-state index contributed by atoms with van der Waals surface area (Å²) >= 11 is 5.89. The fourth-order valence-electron chi connectivity index (χ4n) is 1.81. The Morgan fingerprint density at radius 3 is 2.65 bits per heavy atom. The number of carbonyl (C=O) groups excluding carboxylic acids is 1. The standard InChI is InChI=1S/C15H13ClFNO2/c1-9-7-11(17)4-5-13(9)18-15(19)12-8-10(16)3-6-14(12)20-2/h3-8H,1-2H3,(H,18,19). The Morgan fingerprint density at radius 2 is 2.00 bits per heavy atom. The Balaban J connectivity index is 2.30. The molecular weight excluding hydrogens is 281 g/mol. The number of methoxy groups -OCH3 is 1. The molecule has 0 heterocycles. The monoisotopic (exact) mass is 293 g/mol. The van der Waals surface area contributed by atoms with Gasteiger partial charge in [0.15, 0.2) is 0 Å². The van der Waals surface area contributed by atoms with Crippen LogP contribution >= 0.6 is 11.6 Å². The summed E-state index contributed by atoms with van der Waals surface area (Å²) in [5.41, 5.74) is 1.50. The number of rotatable bonds is 3. The van der Waals surface area contributed by atoms with Gasteiger partial charge in [0.05, 0.1) is 12.7 Å². The van der Waals surface area contributed by atoms with E-state index in [9.17, 15) is 9.18 Å². The van der Waals surface area contributed by atoms with Crippen molar-refractivity contribution < 1.29 is 13.9 Å². The van der Waals surface area contributed by atoms with Gasteiger partial charge in [-0.2, -0.15) is 0 Å². The van der Waals surface area contributed by atoms with E-state index in [0.29, 0.717) is 27.6 Å². The van der Waals surface area contributed by atoms with E-state index in [1.54, 1.807) is 19.1 Å². The predicted octanol–water partition coefficient (Wildman–Crippen LogP) is 4.05. The van der Waals surface area contributed by atoms with Crippen LogP contribution in [-0.2, 0) is 0 Å². The predicted molar refractivity (Wildman–Crippen MR) is 77.1 cm³/mol. The molecule has 0 aromatic heterocycles. The number of hydrogen-bond donors (Lipinski definition) is 1. The van der Waals surface area contributed by atoms with Gasteiger partial charge in [-0.3, -0.25) is 4.79 Å². The molecule has 0 saturated heterocycles. The highest BCUT2D eigenvalue weighted by Gasteiger charge is 2.14. The average Bonchev–Trinajstić information content (AvgIpc) is 2.41. The van der Waals surface area contributed by atoms with E-state index in [4.69, 9.17) is 16.3 Å². The third-order valence-electron chi connectivity index (χ3n) is 2.84. The topological polar surface area (TPSA) is 38.3 Å². The van der Waals surface area contributed by atoms with Crippen LogP contribution in [0.25, 0.3) is 0 Å². The smallest absolute Gasteiger partial charge is 0.259 e. The fourth-order valence-corrected chi connectivity index (χ4v) is 1.99. The number of ether oxygens (including phenoxy) is 1. The van der Waals surface area contributed by atoms with E-state index < -0.39 is 0 Å². The van der Waals surface area contributed by atoms with Crippen LogP contribution < -0.4 is 10.1 Å². The molecule has 0 saturated carbocycles. The third kappa shape index (κ3) is 3.08. The molecule has 0 bridgehead atoms. The first kappa shape index (κ1) is 14.3. The van der Waals surface area contributed by atoms with Gasteiger partial charge in [0.1, 0.15) is 11.6 Å². The summed E-state index contributed by atoms with van der Waals surface area (Å²) < 4.78 is 18.2. The van der Waals surface area contributed by atoms with Gasteiger partial charge in [-0.05, 0) is 48.9 Å². The van der Waals surface area contributed by atoms with E-state index in [-0.39, 0.29) is 11.7 Å². The maximum absolute atomic E-state index is 13.0. The summed E-state index contributed by atoms with van der Waals surface area (Å²) in [6.45, 7) is 1.72. The first-order valence-electron chi connectivity index (χ1n) is 5.92. The van der Waals surface area contributed by atoms with Gasteiger partial charge in [-0.1, -0.05) is 11.6 Å². The molecule has 104 valence electrons. The van der Waals surface area contributed by atoms with Crippen molar-refractivity contribution in [3.63, 3.8) is 0 Å². The van der Waals surface area contributed by atoms with Crippen molar-refractivity contribution in [2.45, 2.75) is 6.92 Å². The number of anilines is 1. The summed E-state index contributed by atoms with van der Waals surface area (Å²) in [5, 5.41) is 3.15. The van der Waals surface area contributed by atoms with Gasteiger partial charge < -0.3 is 10.1 Å². The number of aryl methyl sites for hydroxylation is 1. The average molecular weight is 294 g/mol. The van der Waals surface area contributed by atoms with E-state index in [1.807, 2.05) is 0 Å². The second kappa shape index (κ2) is 5.92. The van der Waals surface area contributed by atoms with Crippen LogP contribution in [0.15, 0.2) is 36.4 Å². The van der Waals surface area contributed by atoms with Crippen molar-refractivity contribution in [1.29, 1.82) is 0 Å². The number of carbonyl (C=O) groups is 1. The molecule has 5 heteroatoms. The quantitative estimate of drug-likeness (QED) is 0.927. The van der Waals surface area contributed by atoms with Crippen molar-refractivity contribution in [2.24, 2.45) is 0 Å².